The lowest BCUT2D eigenvalue weighted by Gasteiger charge is -2.10. The van der Waals surface area contributed by atoms with Gasteiger partial charge in [-0.2, -0.15) is 8.78 Å². The number of aromatic nitrogens is 3. The lowest BCUT2D eigenvalue weighted by Crippen LogP contribution is -2.16. The van der Waals surface area contributed by atoms with Gasteiger partial charge in [0.2, 0.25) is 0 Å². The van der Waals surface area contributed by atoms with Gasteiger partial charge in [-0.1, -0.05) is 28.1 Å². The fourth-order valence-electron chi connectivity index (χ4n) is 2.72. The largest absolute Gasteiger partial charge is 0.435 e. The molecule has 0 bridgehead atoms. The molecule has 0 unspecified atom stereocenters. The van der Waals surface area contributed by atoms with Crippen LogP contribution in [0.5, 0.6) is 5.75 Å². The molecular weight excluding hydrogens is 434 g/mol. The monoisotopic (exact) mass is 450 g/mol. The van der Waals surface area contributed by atoms with Crippen molar-refractivity contribution < 1.29 is 18.3 Å². The Morgan fingerprint density at radius 3 is 2.57 bits per heavy atom. The van der Waals surface area contributed by atoms with Gasteiger partial charge in [-0.15, -0.1) is 5.10 Å². The molecule has 3 aromatic rings. The van der Waals surface area contributed by atoms with Gasteiger partial charge in [0.25, 0.3) is 5.91 Å². The quantitative estimate of drug-likeness (QED) is 0.587. The third-order valence-corrected chi connectivity index (χ3v) is 4.55. The first-order valence-corrected chi connectivity index (χ1v) is 9.25. The van der Waals surface area contributed by atoms with E-state index in [2.05, 4.69) is 36.3 Å². The van der Waals surface area contributed by atoms with Crippen LogP contribution in [0.4, 0.5) is 14.5 Å². The minimum absolute atomic E-state index is 0.0422. The number of amides is 1. The van der Waals surface area contributed by atoms with E-state index in [-0.39, 0.29) is 17.4 Å². The summed E-state index contributed by atoms with van der Waals surface area (Å²) in [6.07, 6.45) is 0.504. The summed E-state index contributed by atoms with van der Waals surface area (Å²) in [6, 6.07) is 11.5. The van der Waals surface area contributed by atoms with Gasteiger partial charge < -0.3 is 10.1 Å². The lowest BCUT2D eigenvalue weighted by atomic mass is 10.2. The summed E-state index contributed by atoms with van der Waals surface area (Å²) in [4.78, 5) is 12.7. The highest BCUT2D eigenvalue weighted by Crippen LogP contribution is 2.22. The topological polar surface area (TPSA) is 69.0 Å². The molecule has 0 radical (unpaired) electrons. The molecule has 28 heavy (non-hydrogen) atoms. The number of halogens is 3. The van der Waals surface area contributed by atoms with Crippen LogP contribution in [0.25, 0.3) is 5.69 Å². The molecule has 0 atom stereocenters. The maximum atomic E-state index is 12.7. The number of aryl methyl sites for hydroxylation is 1. The predicted molar refractivity (Wildman–Crippen MR) is 104 cm³/mol. The summed E-state index contributed by atoms with van der Waals surface area (Å²) in [6.45, 7) is 0.882. The molecule has 146 valence electrons. The first-order valence-electron chi connectivity index (χ1n) is 8.46. The normalized spacial score (nSPS) is 10.9. The van der Waals surface area contributed by atoms with Crippen molar-refractivity contribution in [1.29, 1.82) is 0 Å². The van der Waals surface area contributed by atoms with Crippen LogP contribution in [0.2, 0.25) is 0 Å². The molecule has 1 N–H and O–H groups in total. The molecule has 0 saturated heterocycles. The highest BCUT2D eigenvalue weighted by atomic mass is 79.9. The van der Waals surface area contributed by atoms with Gasteiger partial charge in [0, 0.05) is 10.2 Å². The molecule has 0 aliphatic heterocycles. The molecule has 1 aromatic heterocycles. The molecule has 3 rings (SSSR count). The van der Waals surface area contributed by atoms with E-state index in [1.165, 1.54) is 16.8 Å². The van der Waals surface area contributed by atoms with Gasteiger partial charge in [0.1, 0.15) is 5.75 Å². The van der Waals surface area contributed by atoms with E-state index < -0.39 is 6.61 Å². The number of alkyl halides is 2. The Balaban J connectivity index is 1.86. The smallest absolute Gasteiger partial charge is 0.387 e. The van der Waals surface area contributed by atoms with E-state index in [1.807, 2.05) is 26.0 Å². The molecule has 0 aliphatic carbocycles. The van der Waals surface area contributed by atoms with Crippen LogP contribution >= 0.6 is 15.9 Å². The fourth-order valence-corrected chi connectivity index (χ4v) is 3.20. The first kappa shape index (κ1) is 19.9. The zero-order chi connectivity index (χ0) is 20.3. The molecule has 2 aromatic carbocycles. The summed E-state index contributed by atoms with van der Waals surface area (Å²) in [5, 5.41) is 10.9. The molecule has 0 saturated carbocycles. The Labute approximate surface area is 168 Å². The first-order chi connectivity index (χ1) is 13.4. The number of carbonyl (C=O) groups is 1. The highest BCUT2D eigenvalue weighted by molar-refractivity contribution is 9.10. The molecule has 0 spiro atoms. The van der Waals surface area contributed by atoms with Crippen molar-refractivity contribution in [2.45, 2.75) is 26.9 Å². The second-order valence-electron chi connectivity index (χ2n) is 5.94. The zero-order valence-electron chi connectivity index (χ0n) is 15.1. The number of carbonyl (C=O) groups excluding carboxylic acids is 1. The van der Waals surface area contributed by atoms with E-state index in [0.29, 0.717) is 23.5 Å². The van der Waals surface area contributed by atoms with Gasteiger partial charge in [0.05, 0.1) is 11.4 Å². The van der Waals surface area contributed by atoms with Crippen LogP contribution in [0.3, 0.4) is 0 Å². The van der Waals surface area contributed by atoms with Crippen molar-refractivity contribution in [1.82, 2.24) is 15.0 Å². The van der Waals surface area contributed by atoms with E-state index in [0.717, 1.165) is 10.0 Å². The maximum absolute atomic E-state index is 12.7. The minimum atomic E-state index is -2.89. The molecule has 0 fully saturated rings. The average molecular weight is 451 g/mol. The predicted octanol–water partition coefficient (Wildman–Crippen LogP) is 4.75. The minimum Gasteiger partial charge on any atom is -0.435 e. The zero-order valence-corrected chi connectivity index (χ0v) is 16.7. The van der Waals surface area contributed by atoms with E-state index in [1.54, 1.807) is 18.2 Å². The SMILES string of the molecule is CCc1c(C(=O)Nc2ccc(Br)cc2C)nnn1-c1ccc(OC(F)F)cc1. The van der Waals surface area contributed by atoms with Gasteiger partial charge in [0.15, 0.2) is 5.69 Å². The van der Waals surface area contributed by atoms with Crippen molar-refractivity contribution >= 4 is 27.5 Å². The number of hydrogen-bond acceptors (Lipinski definition) is 4. The molecule has 6 nitrogen and oxygen atoms in total. The number of nitrogens with one attached hydrogen (secondary N) is 1. The molecule has 1 heterocycles. The van der Waals surface area contributed by atoms with Crippen LogP contribution in [-0.4, -0.2) is 27.5 Å². The number of hydrogen-bond donors (Lipinski definition) is 1. The third kappa shape index (κ3) is 4.36. The van der Waals surface area contributed by atoms with Crippen molar-refractivity contribution in [2.24, 2.45) is 0 Å². The fraction of sp³-hybridized carbons (Fsp3) is 0.211. The van der Waals surface area contributed by atoms with Crippen molar-refractivity contribution in [2.75, 3.05) is 5.32 Å². The summed E-state index contributed by atoms with van der Waals surface area (Å²) in [5.74, 6) is -0.327. The number of nitrogens with zero attached hydrogens (tertiary/aromatic N) is 3. The van der Waals surface area contributed by atoms with Gasteiger partial charge in [-0.05, 0) is 61.4 Å². The Kier molecular flexibility index (Phi) is 6.03. The van der Waals surface area contributed by atoms with E-state index in [9.17, 15) is 13.6 Å². The number of benzene rings is 2. The Bertz CT molecular complexity index is 990. The summed E-state index contributed by atoms with van der Waals surface area (Å²) >= 11 is 3.39. The van der Waals surface area contributed by atoms with Crippen LogP contribution < -0.4 is 10.1 Å². The Morgan fingerprint density at radius 1 is 1.25 bits per heavy atom. The maximum Gasteiger partial charge on any atom is 0.387 e. The van der Waals surface area contributed by atoms with Gasteiger partial charge >= 0.3 is 6.61 Å². The van der Waals surface area contributed by atoms with Crippen LogP contribution in [0.15, 0.2) is 46.9 Å². The van der Waals surface area contributed by atoms with E-state index in [4.69, 9.17) is 0 Å². The van der Waals surface area contributed by atoms with Crippen LogP contribution in [0.1, 0.15) is 28.7 Å². The number of ether oxygens (including phenoxy) is 1. The summed E-state index contributed by atoms with van der Waals surface area (Å²) < 4.78 is 31.3. The Morgan fingerprint density at radius 2 is 1.96 bits per heavy atom. The second kappa shape index (κ2) is 8.47. The molecular formula is C19H17BrF2N4O2. The highest BCUT2D eigenvalue weighted by Gasteiger charge is 2.20. The van der Waals surface area contributed by atoms with Crippen molar-refractivity contribution in [3.63, 3.8) is 0 Å². The van der Waals surface area contributed by atoms with Crippen LogP contribution in [0, 0.1) is 6.92 Å². The summed E-state index contributed by atoms with van der Waals surface area (Å²) in [5.41, 5.74) is 2.98. The third-order valence-electron chi connectivity index (χ3n) is 4.06. The van der Waals surface area contributed by atoms with Crippen molar-refractivity contribution in [3.8, 4) is 11.4 Å². The average Bonchev–Trinajstić information content (AvgIpc) is 3.08. The second-order valence-corrected chi connectivity index (χ2v) is 6.85. The van der Waals surface area contributed by atoms with E-state index >= 15 is 0 Å². The van der Waals surface area contributed by atoms with Gasteiger partial charge in [-0.25, -0.2) is 4.68 Å². The Hall–Kier alpha value is -2.81. The summed E-state index contributed by atoms with van der Waals surface area (Å²) in [7, 11) is 0. The standard InChI is InChI=1S/C19H17BrF2N4O2/c1-3-16-17(18(27)23-15-9-4-12(20)10-11(15)2)24-25-26(16)13-5-7-14(8-6-13)28-19(21)22/h4-10,19H,3H2,1-2H3,(H,23,27). The van der Waals surface area contributed by atoms with Crippen molar-refractivity contribution in [3.05, 3.63) is 63.9 Å². The molecule has 9 heteroatoms. The lowest BCUT2D eigenvalue weighted by molar-refractivity contribution is -0.0498. The molecule has 1 amide bonds. The number of rotatable bonds is 6. The van der Waals surface area contributed by atoms with Crippen LogP contribution in [-0.2, 0) is 6.42 Å². The molecule has 0 aliphatic rings. The number of anilines is 1. The van der Waals surface area contributed by atoms with Gasteiger partial charge in [-0.3, -0.25) is 4.79 Å².